The summed E-state index contributed by atoms with van der Waals surface area (Å²) in [5.41, 5.74) is 1.94. The van der Waals surface area contributed by atoms with Gasteiger partial charge >= 0.3 is 5.97 Å². The van der Waals surface area contributed by atoms with E-state index in [4.69, 9.17) is 20.8 Å². The fourth-order valence-corrected chi connectivity index (χ4v) is 3.10. The molecule has 2 aromatic carbocycles. The fourth-order valence-electron chi connectivity index (χ4n) is 2.97. The number of amides is 1. The van der Waals surface area contributed by atoms with Crippen LogP contribution in [0.25, 0.3) is 22.2 Å². The van der Waals surface area contributed by atoms with E-state index in [1.54, 1.807) is 54.7 Å². The Labute approximate surface area is 177 Å². The molecule has 7 heteroatoms. The van der Waals surface area contributed by atoms with Crippen molar-refractivity contribution in [2.45, 2.75) is 6.54 Å². The van der Waals surface area contributed by atoms with Crippen LogP contribution >= 0.6 is 11.6 Å². The number of aromatic nitrogens is 1. The number of esters is 1. The summed E-state index contributed by atoms with van der Waals surface area (Å²) in [6.07, 6.45) is 1.65. The van der Waals surface area contributed by atoms with E-state index in [2.05, 4.69) is 10.3 Å². The van der Waals surface area contributed by atoms with Gasteiger partial charge in [-0.3, -0.25) is 9.78 Å². The molecule has 0 radical (unpaired) electrons. The number of furan rings is 1. The van der Waals surface area contributed by atoms with Crippen LogP contribution in [0, 0.1) is 0 Å². The Bertz CT molecular complexity index is 1200. The van der Waals surface area contributed by atoms with Crippen LogP contribution in [-0.2, 0) is 16.1 Å². The number of carbonyl (C=O) groups is 2. The van der Waals surface area contributed by atoms with Gasteiger partial charge in [0.1, 0.15) is 11.5 Å². The van der Waals surface area contributed by atoms with Crippen LogP contribution in [-0.4, -0.2) is 23.5 Å². The molecule has 0 saturated carbocycles. The molecule has 0 spiro atoms. The molecular formula is C23H17ClN2O4. The Morgan fingerprint density at radius 3 is 2.67 bits per heavy atom. The number of benzene rings is 2. The second-order valence-electron chi connectivity index (χ2n) is 6.50. The molecule has 2 heterocycles. The van der Waals surface area contributed by atoms with E-state index in [1.165, 1.54) is 0 Å². The van der Waals surface area contributed by atoms with Crippen molar-refractivity contribution in [3.8, 4) is 11.3 Å². The van der Waals surface area contributed by atoms with Crippen molar-refractivity contribution in [1.82, 2.24) is 10.3 Å². The third-order valence-electron chi connectivity index (χ3n) is 4.45. The molecule has 0 atom stereocenters. The summed E-state index contributed by atoms with van der Waals surface area (Å²) in [6, 6.07) is 19.6. The van der Waals surface area contributed by atoms with Crippen LogP contribution < -0.4 is 5.32 Å². The predicted octanol–water partition coefficient (Wildman–Crippen LogP) is 4.62. The Morgan fingerprint density at radius 1 is 1.00 bits per heavy atom. The lowest BCUT2D eigenvalue weighted by Crippen LogP contribution is -2.28. The maximum atomic E-state index is 12.4. The zero-order chi connectivity index (χ0) is 20.9. The first-order chi connectivity index (χ1) is 14.6. The minimum absolute atomic E-state index is 0.183. The number of nitrogens with zero attached hydrogens (tertiary/aromatic N) is 1. The Balaban J connectivity index is 1.31. The molecule has 0 aliphatic carbocycles. The van der Waals surface area contributed by atoms with Crippen LogP contribution in [0.1, 0.15) is 16.1 Å². The first-order valence-corrected chi connectivity index (χ1v) is 9.60. The maximum absolute atomic E-state index is 12.4. The van der Waals surface area contributed by atoms with Gasteiger partial charge in [0.2, 0.25) is 0 Å². The van der Waals surface area contributed by atoms with E-state index < -0.39 is 11.9 Å². The summed E-state index contributed by atoms with van der Waals surface area (Å²) in [4.78, 5) is 28.6. The highest BCUT2D eigenvalue weighted by molar-refractivity contribution is 6.30. The lowest BCUT2D eigenvalue weighted by atomic mass is 10.1. The monoisotopic (exact) mass is 420 g/mol. The molecular weight excluding hydrogens is 404 g/mol. The van der Waals surface area contributed by atoms with Crippen LogP contribution in [0.2, 0.25) is 5.02 Å². The number of hydrogen-bond acceptors (Lipinski definition) is 5. The topological polar surface area (TPSA) is 81.4 Å². The summed E-state index contributed by atoms with van der Waals surface area (Å²) in [5.74, 6) is 0.254. The summed E-state index contributed by atoms with van der Waals surface area (Å²) in [6.45, 7) is -0.206. The molecule has 0 saturated heterocycles. The van der Waals surface area contributed by atoms with Crippen molar-refractivity contribution in [3.05, 3.63) is 89.3 Å². The number of rotatable bonds is 6. The molecule has 1 N–H and O–H groups in total. The zero-order valence-corrected chi connectivity index (χ0v) is 16.6. The highest BCUT2D eigenvalue weighted by Gasteiger charge is 2.14. The second kappa shape index (κ2) is 8.80. The van der Waals surface area contributed by atoms with Gasteiger partial charge in [-0.15, -0.1) is 0 Å². The lowest BCUT2D eigenvalue weighted by Gasteiger charge is -2.07. The van der Waals surface area contributed by atoms with Crippen LogP contribution in [0.5, 0.6) is 0 Å². The van der Waals surface area contributed by atoms with Gasteiger partial charge in [-0.1, -0.05) is 23.7 Å². The molecule has 0 aliphatic heterocycles. The summed E-state index contributed by atoms with van der Waals surface area (Å²) in [5, 5.41) is 4.00. The standard InChI is InChI=1S/C23H17ClN2O4/c24-16-8-6-15(7-9-16)21-11-10-17(30-21)13-26-22(27)14-29-23(28)19-3-1-5-20-18(19)4-2-12-25-20/h1-12H,13-14H2,(H,26,27). The second-order valence-corrected chi connectivity index (χ2v) is 6.94. The lowest BCUT2D eigenvalue weighted by molar-refractivity contribution is -0.124. The number of ether oxygens (including phenoxy) is 1. The first-order valence-electron chi connectivity index (χ1n) is 9.22. The molecule has 4 aromatic rings. The summed E-state index contributed by atoms with van der Waals surface area (Å²) >= 11 is 5.89. The van der Waals surface area contributed by atoms with E-state index in [0.717, 1.165) is 5.56 Å². The number of nitrogens with one attached hydrogen (secondary N) is 1. The van der Waals surface area contributed by atoms with E-state index in [-0.39, 0.29) is 13.2 Å². The Kier molecular flexibility index (Phi) is 5.77. The first kappa shape index (κ1) is 19.7. The molecule has 30 heavy (non-hydrogen) atoms. The van der Waals surface area contributed by atoms with Crippen molar-refractivity contribution in [2.24, 2.45) is 0 Å². The van der Waals surface area contributed by atoms with E-state index in [1.807, 2.05) is 18.2 Å². The Hall–Kier alpha value is -3.64. The normalized spacial score (nSPS) is 10.7. The molecule has 0 fully saturated rings. The average Bonchev–Trinajstić information content (AvgIpc) is 3.25. The number of hydrogen-bond donors (Lipinski definition) is 1. The minimum Gasteiger partial charge on any atom is -0.459 e. The third-order valence-corrected chi connectivity index (χ3v) is 4.70. The highest BCUT2D eigenvalue weighted by atomic mass is 35.5. The SMILES string of the molecule is O=C(COC(=O)c1cccc2ncccc12)NCc1ccc(-c2ccc(Cl)cc2)o1. The number of pyridine rings is 1. The molecule has 0 unspecified atom stereocenters. The zero-order valence-electron chi connectivity index (χ0n) is 15.8. The van der Waals surface area contributed by atoms with Gasteiger partial charge in [0.25, 0.3) is 5.91 Å². The van der Waals surface area contributed by atoms with Gasteiger partial charge < -0.3 is 14.5 Å². The number of halogens is 1. The molecule has 6 nitrogen and oxygen atoms in total. The molecule has 0 bridgehead atoms. The molecule has 4 rings (SSSR count). The van der Waals surface area contributed by atoms with Crippen molar-refractivity contribution in [2.75, 3.05) is 6.61 Å². The smallest absolute Gasteiger partial charge is 0.339 e. The molecule has 1 amide bonds. The van der Waals surface area contributed by atoms with Crippen LogP contribution in [0.4, 0.5) is 0 Å². The van der Waals surface area contributed by atoms with Gasteiger partial charge in [0, 0.05) is 22.2 Å². The average molecular weight is 421 g/mol. The van der Waals surface area contributed by atoms with E-state index >= 15 is 0 Å². The molecule has 2 aromatic heterocycles. The van der Waals surface area contributed by atoms with Gasteiger partial charge in [-0.2, -0.15) is 0 Å². The van der Waals surface area contributed by atoms with Gasteiger partial charge in [0.05, 0.1) is 17.6 Å². The maximum Gasteiger partial charge on any atom is 0.339 e. The minimum atomic E-state index is -0.577. The highest BCUT2D eigenvalue weighted by Crippen LogP contribution is 2.23. The number of fused-ring (bicyclic) bond motifs is 1. The number of carbonyl (C=O) groups excluding carboxylic acids is 2. The van der Waals surface area contributed by atoms with Gasteiger partial charge in [-0.05, 0) is 54.6 Å². The van der Waals surface area contributed by atoms with Gasteiger partial charge in [0.15, 0.2) is 6.61 Å². The fraction of sp³-hybridized carbons (Fsp3) is 0.0870. The summed E-state index contributed by atoms with van der Waals surface area (Å²) < 4.78 is 10.9. The van der Waals surface area contributed by atoms with E-state index in [0.29, 0.717) is 33.0 Å². The van der Waals surface area contributed by atoms with Crippen molar-refractivity contribution >= 4 is 34.4 Å². The third kappa shape index (κ3) is 4.50. The largest absolute Gasteiger partial charge is 0.459 e. The van der Waals surface area contributed by atoms with Crippen LogP contribution in [0.3, 0.4) is 0 Å². The van der Waals surface area contributed by atoms with E-state index in [9.17, 15) is 9.59 Å². The predicted molar refractivity (Wildman–Crippen MR) is 113 cm³/mol. The Morgan fingerprint density at radius 2 is 1.83 bits per heavy atom. The van der Waals surface area contributed by atoms with Crippen molar-refractivity contribution in [3.63, 3.8) is 0 Å². The van der Waals surface area contributed by atoms with Gasteiger partial charge in [-0.25, -0.2) is 4.79 Å². The van der Waals surface area contributed by atoms with Crippen LogP contribution in [0.15, 0.2) is 77.3 Å². The van der Waals surface area contributed by atoms with Crippen molar-refractivity contribution in [1.29, 1.82) is 0 Å². The summed E-state index contributed by atoms with van der Waals surface area (Å²) in [7, 11) is 0. The molecule has 0 aliphatic rings. The quantitative estimate of drug-likeness (QED) is 0.460. The van der Waals surface area contributed by atoms with Crippen molar-refractivity contribution < 1.29 is 18.7 Å². The molecule has 150 valence electrons.